The third kappa shape index (κ3) is 5.39. The van der Waals surface area contributed by atoms with E-state index in [2.05, 4.69) is 6.92 Å². The molecule has 1 aliphatic heterocycles. The van der Waals surface area contributed by atoms with Crippen LogP contribution in [0.3, 0.4) is 0 Å². The lowest BCUT2D eigenvalue weighted by molar-refractivity contribution is -0.149. The molecule has 1 aromatic rings. The van der Waals surface area contributed by atoms with Gasteiger partial charge in [0.25, 0.3) is 5.91 Å². The predicted octanol–water partition coefficient (Wildman–Crippen LogP) is 3.17. The smallest absolute Gasteiger partial charge is 0.331 e. The van der Waals surface area contributed by atoms with Crippen molar-refractivity contribution in [2.75, 3.05) is 33.9 Å². The monoisotopic (exact) mass is 381 g/mol. The van der Waals surface area contributed by atoms with Gasteiger partial charge in [-0.05, 0) is 42.5 Å². The number of likely N-dealkylation sites (tertiary alicyclic amines) is 1. The Morgan fingerprint density at radius 1 is 1.31 bits per heavy atom. The maximum atomic E-state index is 12.1. The Kier molecular flexibility index (Phi) is 7.33. The third-order valence-electron chi connectivity index (χ3n) is 4.22. The molecular formula is C19H24ClNO5. The van der Waals surface area contributed by atoms with Gasteiger partial charge in [0.15, 0.2) is 18.1 Å². The lowest BCUT2D eigenvalue weighted by Crippen LogP contribution is -2.41. The van der Waals surface area contributed by atoms with Gasteiger partial charge in [-0.15, -0.1) is 0 Å². The quantitative estimate of drug-likeness (QED) is 0.559. The second-order valence-electron chi connectivity index (χ2n) is 6.27. The molecule has 0 saturated carbocycles. The Labute approximate surface area is 158 Å². The molecule has 0 radical (unpaired) electrons. The van der Waals surface area contributed by atoms with Crippen molar-refractivity contribution in [3.05, 3.63) is 28.8 Å². The van der Waals surface area contributed by atoms with Crippen LogP contribution >= 0.6 is 11.6 Å². The highest BCUT2D eigenvalue weighted by Gasteiger charge is 2.21. The van der Waals surface area contributed by atoms with Gasteiger partial charge in [-0.1, -0.05) is 18.5 Å². The van der Waals surface area contributed by atoms with E-state index in [0.717, 1.165) is 25.9 Å². The van der Waals surface area contributed by atoms with Crippen LogP contribution in [0.5, 0.6) is 11.5 Å². The number of amides is 1. The van der Waals surface area contributed by atoms with Gasteiger partial charge < -0.3 is 19.1 Å². The molecule has 1 aliphatic rings. The van der Waals surface area contributed by atoms with Gasteiger partial charge in [0.05, 0.1) is 19.2 Å². The summed E-state index contributed by atoms with van der Waals surface area (Å²) in [5, 5.41) is 0.370. The zero-order chi connectivity index (χ0) is 19.1. The number of nitrogens with zero attached hydrogens (tertiary/aromatic N) is 1. The van der Waals surface area contributed by atoms with Gasteiger partial charge in [-0.25, -0.2) is 4.79 Å². The average Bonchev–Trinajstić information content (AvgIpc) is 2.63. The Hall–Kier alpha value is -2.21. The van der Waals surface area contributed by atoms with E-state index in [0.29, 0.717) is 28.0 Å². The molecule has 1 heterocycles. The normalized spacial score (nSPS) is 17.2. The van der Waals surface area contributed by atoms with Crippen LogP contribution < -0.4 is 9.47 Å². The minimum absolute atomic E-state index is 0.160. The number of halogens is 1. The number of methoxy groups -OCH3 is 2. The van der Waals surface area contributed by atoms with Gasteiger partial charge >= 0.3 is 5.97 Å². The van der Waals surface area contributed by atoms with Crippen LogP contribution in [0.4, 0.5) is 0 Å². The summed E-state index contributed by atoms with van der Waals surface area (Å²) in [6.45, 7) is 3.31. The molecule has 1 fully saturated rings. The number of carbonyl (C=O) groups is 2. The van der Waals surface area contributed by atoms with Gasteiger partial charge in [0, 0.05) is 19.2 Å². The van der Waals surface area contributed by atoms with E-state index in [9.17, 15) is 9.59 Å². The molecule has 26 heavy (non-hydrogen) atoms. The highest BCUT2D eigenvalue weighted by molar-refractivity contribution is 6.32. The average molecular weight is 382 g/mol. The van der Waals surface area contributed by atoms with Crippen molar-refractivity contribution in [1.82, 2.24) is 4.90 Å². The Morgan fingerprint density at radius 3 is 2.73 bits per heavy atom. The standard InChI is InChI=1S/C19H24ClNO5/c1-13-5-4-8-21(11-13)17(22)12-26-18(23)7-6-14-9-15(20)19(25-3)16(10-14)24-2/h6-7,9-10,13H,4-5,8,11-12H2,1-3H3/b7-6+/t13-/m1/s1. The van der Waals surface area contributed by atoms with E-state index in [1.807, 2.05) is 0 Å². The zero-order valence-corrected chi connectivity index (χ0v) is 16.0. The van der Waals surface area contributed by atoms with E-state index in [1.165, 1.54) is 20.3 Å². The summed E-state index contributed by atoms with van der Waals surface area (Å²) >= 11 is 6.12. The molecule has 0 N–H and O–H groups in total. The predicted molar refractivity (Wildman–Crippen MR) is 99.5 cm³/mol. The van der Waals surface area contributed by atoms with Crippen molar-refractivity contribution in [3.8, 4) is 11.5 Å². The Morgan fingerprint density at radius 2 is 2.08 bits per heavy atom. The molecule has 1 aromatic carbocycles. The van der Waals surface area contributed by atoms with E-state index in [4.69, 9.17) is 25.8 Å². The Bertz CT molecular complexity index is 689. The largest absolute Gasteiger partial charge is 0.493 e. The fourth-order valence-electron chi connectivity index (χ4n) is 2.89. The van der Waals surface area contributed by atoms with E-state index in [-0.39, 0.29) is 12.5 Å². The maximum Gasteiger partial charge on any atom is 0.331 e. The van der Waals surface area contributed by atoms with Gasteiger partial charge in [-0.3, -0.25) is 4.79 Å². The molecule has 6 nitrogen and oxygen atoms in total. The summed E-state index contributed by atoms with van der Waals surface area (Å²) in [4.78, 5) is 25.7. The number of carbonyl (C=O) groups excluding carboxylic acids is 2. The van der Waals surface area contributed by atoms with Crippen molar-refractivity contribution < 1.29 is 23.8 Å². The molecule has 0 bridgehead atoms. The highest BCUT2D eigenvalue weighted by atomic mass is 35.5. The van der Waals surface area contributed by atoms with Gasteiger partial charge in [-0.2, -0.15) is 0 Å². The summed E-state index contributed by atoms with van der Waals surface area (Å²) < 4.78 is 15.4. The minimum atomic E-state index is -0.589. The van der Waals surface area contributed by atoms with Crippen LogP contribution in [-0.4, -0.2) is 50.7 Å². The molecule has 0 spiro atoms. The lowest BCUT2D eigenvalue weighted by Gasteiger charge is -2.30. The number of piperidine rings is 1. The lowest BCUT2D eigenvalue weighted by atomic mass is 10.0. The molecule has 142 valence electrons. The van der Waals surface area contributed by atoms with Crippen LogP contribution in [-0.2, 0) is 14.3 Å². The minimum Gasteiger partial charge on any atom is -0.493 e. The van der Waals surface area contributed by atoms with Crippen LogP contribution in [0.2, 0.25) is 5.02 Å². The maximum absolute atomic E-state index is 12.1. The third-order valence-corrected chi connectivity index (χ3v) is 4.50. The highest BCUT2D eigenvalue weighted by Crippen LogP contribution is 2.36. The van der Waals surface area contributed by atoms with Crippen molar-refractivity contribution in [1.29, 1.82) is 0 Å². The van der Waals surface area contributed by atoms with Crippen molar-refractivity contribution in [2.24, 2.45) is 5.92 Å². The van der Waals surface area contributed by atoms with Gasteiger partial charge in [0.1, 0.15) is 0 Å². The fraction of sp³-hybridized carbons (Fsp3) is 0.474. The molecule has 2 rings (SSSR count). The molecule has 0 unspecified atom stereocenters. The number of esters is 1. The van der Waals surface area contributed by atoms with E-state index in [1.54, 1.807) is 23.1 Å². The number of ether oxygens (including phenoxy) is 3. The molecule has 1 saturated heterocycles. The van der Waals surface area contributed by atoms with Crippen LogP contribution in [0.1, 0.15) is 25.3 Å². The Balaban J connectivity index is 1.91. The summed E-state index contributed by atoms with van der Waals surface area (Å²) in [6, 6.07) is 3.34. The second kappa shape index (κ2) is 9.48. The molecular weight excluding hydrogens is 358 g/mol. The first-order valence-electron chi connectivity index (χ1n) is 8.48. The van der Waals surface area contributed by atoms with Crippen LogP contribution in [0, 0.1) is 5.92 Å². The number of rotatable bonds is 6. The molecule has 1 amide bonds. The first-order valence-corrected chi connectivity index (χ1v) is 8.86. The van der Waals surface area contributed by atoms with E-state index >= 15 is 0 Å². The van der Waals surface area contributed by atoms with Crippen LogP contribution in [0.15, 0.2) is 18.2 Å². The fourth-order valence-corrected chi connectivity index (χ4v) is 3.18. The molecule has 0 aromatic heterocycles. The molecule has 1 atom stereocenters. The first kappa shape index (κ1) is 20.1. The second-order valence-corrected chi connectivity index (χ2v) is 6.67. The van der Waals surface area contributed by atoms with Crippen molar-refractivity contribution in [2.45, 2.75) is 19.8 Å². The summed E-state index contributed by atoms with van der Waals surface area (Å²) in [6.07, 6.45) is 4.91. The van der Waals surface area contributed by atoms with Gasteiger partial charge in [0.2, 0.25) is 0 Å². The van der Waals surface area contributed by atoms with Crippen LogP contribution in [0.25, 0.3) is 6.08 Å². The van der Waals surface area contributed by atoms with E-state index < -0.39 is 5.97 Å². The molecule has 7 heteroatoms. The van der Waals surface area contributed by atoms with Crippen molar-refractivity contribution in [3.63, 3.8) is 0 Å². The molecule has 0 aliphatic carbocycles. The topological polar surface area (TPSA) is 65.1 Å². The van der Waals surface area contributed by atoms with Crippen molar-refractivity contribution >= 4 is 29.6 Å². The summed E-state index contributed by atoms with van der Waals surface area (Å²) in [7, 11) is 3.00. The number of benzene rings is 1. The zero-order valence-electron chi connectivity index (χ0n) is 15.3. The SMILES string of the molecule is COc1cc(/C=C/C(=O)OCC(=O)N2CCC[C@@H](C)C2)cc(Cl)c1OC. The first-order chi connectivity index (χ1) is 12.4. The summed E-state index contributed by atoms with van der Waals surface area (Å²) in [5.74, 6) is 0.623. The number of hydrogen-bond acceptors (Lipinski definition) is 5. The summed E-state index contributed by atoms with van der Waals surface area (Å²) in [5.41, 5.74) is 0.654. The number of hydrogen-bond donors (Lipinski definition) is 0.